The first-order valence-electron chi connectivity index (χ1n) is 5.73. The molecule has 6 heteroatoms. The molecule has 0 spiro atoms. The van der Waals surface area contributed by atoms with E-state index in [-0.39, 0.29) is 5.91 Å². The molecule has 0 aliphatic carbocycles. The van der Waals surface area contributed by atoms with Crippen molar-refractivity contribution in [3.8, 4) is 0 Å². The lowest BCUT2D eigenvalue weighted by atomic mass is 10.0. The van der Waals surface area contributed by atoms with Gasteiger partial charge in [-0.1, -0.05) is 0 Å². The molecule has 1 amide bonds. The van der Waals surface area contributed by atoms with Crippen molar-refractivity contribution in [2.24, 2.45) is 0 Å². The Balaban J connectivity index is 2.08. The van der Waals surface area contributed by atoms with Crippen molar-refractivity contribution in [2.45, 2.75) is 18.2 Å². The van der Waals surface area contributed by atoms with E-state index in [0.717, 1.165) is 0 Å². The average molecular weight is 255 g/mol. The quantitative estimate of drug-likeness (QED) is 0.831. The Bertz CT molecular complexity index is 391. The van der Waals surface area contributed by atoms with Crippen LogP contribution in [-0.2, 0) is 9.47 Å². The van der Waals surface area contributed by atoms with Crippen LogP contribution in [0.15, 0.2) is 23.0 Å². The number of aliphatic hydroxyl groups is 1. The van der Waals surface area contributed by atoms with Gasteiger partial charge in [-0.15, -0.1) is 0 Å². The lowest BCUT2D eigenvalue weighted by molar-refractivity contribution is -0.135. The van der Waals surface area contributed by atoms with Gasteiger partial charge in [-0.2, -0.15) is 0 Å². The molecular formula is C12H17NO5. The number of likely N-dealkylation sites (N-methyl/N-ethyl adjacent to an activating group) is 1. The normalized spacial score (nSPS) is 28.1. The number of aliphatic hydroxyl groups excluding tert-OH is 1. The maximum atomic E-state index is 12.1. The zero-order chi connectivity index (χ0) is 13.1. The molecule has 2 heterocycles. The molecule has 1 aliphatic rings. The second-order valence-electron chi connectivity index (χ2n) is 4.30. The van der Waals surface area contributed by atoms with Crippen molar-refractivity contribution in [2.75, 3.05) is 27.4 Å². The minimum absolute atomic E-state index is 0.215. The zero-order valence-corrected chi connectivity index (χ0v) is 10.4. The molecule has 0 saturated carbocycles. The third kappa shape index (κ3) is 2.40. The van der Waals surface area contributed by atoms with E-state index in [2.05, 4.69) is 0 Å². The van der Waals surface area contributed by atoms with Crippen LogP contribution in [0.2, 0.25) is 0 Å². The van der Waals surface area contributed by atoms with Gasteiger partial charge in [0.15, 0.2) is 0 Å². The lowest BCUT2D eigenvalue weighted by Crippen LogP contribution is -2.56. The van der Waals surface area contributed by atoms with Gasteiger partial charge in [0, 0.05) is 14.2 Å². The number of furan rings is 1. The summed E-state index contributed by atoms with van der Waals surface area (Å²) in [6.07, 6.45) is 1.64. The van der Waals surface area contributed by atoms with Gasteiger partial charge in [0.05, 0.1) is 31.1 Å². The van der Waals surface area contributed by atoms with Crippen LogP contribution in [-0.4, -0.2) is 61.5 Å². The molecule has 2 rings (SSSR count). The molecule has 0 unspecified atom stereocenters. The van der Waals surface area contributed by atoms with Crippen LogP contribution in [0, 0.1) is 0 Å². The molecule has 0 aromatic carbocycles. The molecule has 1 aromatic heterocycles. The van der Waals surface area contributed by atoms with Crippen LogP contribution in [0.3, 0.4) is 0 Å². The van der Waals surface area contributed by atoms with Crippen molar-refractivity contribution in [3.63, 3.8) is 0 Å². The topological polar surface area (TPSA) is 72.1 Å². The lowest BCUT2D eigenvalue weighted by Gasteiger charge is -2.38. The minimum Gasteiger partial charge on any atom is -0.472 e. The number of methoxy groups -OCH3 is 1. The highest BCUT2D eigenvalue weighted by Crippen LogP contribution is 2.18. The number of hydrogen-bond acceptors (Lipinski definition) is 5. The van der Waals surface area contributed by atoms with Gasteiger partial charge in [0.1, 0.15) is 18.5 Å². The van der Waals surface area contributed by atoms with Gasteiger partial charge in [0.25, 0.3) is 5.91 Å². The molecule has 0 radical (unpaired) electrons. The zero-order valence-electron chi connectivity index (χ0n) is 10.4. The fourth-order valence-electron chi connectivity index (χ4n) is 2.04. The third-order valence-corrected chi connectivity index (χ3v) is 3.23. The Hall–Kier alpha value is -1.37. The van der Waals surface area contributed by atoms with Gasteiger partial charge in [0.2, 0.25) is 0 Å². The van der Waals surface area contributed by atoms with E-state index in [0.29, 0.717) is 18.8 Å². The number of ether oxygens (including phenoxy) is 2. The number of hydrogen-bond donors (Lipinski definition) is 1. The molecular weight excluding hydrogens is 238 g/mol. The summed E-state index contributed by atoms with van der Waals surface area (Å²) in [5.74, 6) is -0.215. The predicted molar refractivity (Wildman–Crippen MR) is 62.2 cm³/mol. The largest absolute Gasteiger partial charge is 0.472 e. The van der Waals surface area contributed by atoms with E-state index in [1.807, 2.05) is 0 Å². The van der Waals surface area contributed by atoms with Crippen molar-refractivity contribution in [1.29, 1.82) is 0 Å². The highest BCUT2D eigenvalue weighted by Gasteiger charge is 2.37. The van der Waals surface area contributed by atoms with E-state index >= 15 is 0 Å². The van der Waals surface area contributed by atoms with Gasteiger partial charge < -0.3 is 23.9 Å². The standard InChI is InChI=1S/C12H17NO5/c1-13(12(15)8-3-4-17-5-8)9-6-18-7-10(16-2)11(9)14/h3-5,9-11,14H,6-7H2,1-2H3/t9-,10-,11+/m1/s1. The Morgan fingerprint density at radius 3 is 2.94 bits per heavy atom. The molecule has 1 fully saturated rings. The third-order valence-electron chi connectivity index (χ3n) is 3.23. The molecule has 100 valence electrons. The number of rotatable bonds is 3. The fourth-order valence-corrected chi connectivity index (χ4v) is 2.04. The summed E-state index contributed by atoms with van der Waals surface area (Å²) in [6.45, 7) is 0.628. The predicted octanol–water partition coefficient (Wildman–Crippen LogP) is 0.126. The number of amides is 1. The first kappa shape index (κ1) is 13.1. The second kappa shape index (κ2) is 5.51. The smallest absolute Gasteiger partial charge is 0.257 e. The second-order valence-corrected chi connectivity index (χ2v) is 4.30. The molecule has 18 heavy (non-hydrogen) atoms. The van der Waals surface area contributed by atoms with E-state index in [4.69, 9.17) is 13.9 Å². The van der Waals surface area contributed by atoms with Crippen LogP contribution in [0.1, 0.15) is 10.4 Å². The van der Waals surface area contributed by atoms with Crippen LogP contribution in [0.4, 0.5) is 0 Å². The van der Waals surface area contributed by atoms with Crippen molar-refractivity contribution in [3.05, 3.63) is 24.2 Å². The summed E-state index contributed by atoms with van der Waals surface area (Å²) in [5.41, 5.74) is 0.448. The highest BCUT2D eigenvalue weighted by atomic mass is 16.5. The Kier molecular flexibility index (Phi) is 4.00. The molecule has 1 saturated heterocycles. The van der Waals surface area contributed by atoms with Gasteiger partial charge >= 0.3 is 0 Å². The average Bonchev–Trinajstić information content (AvgIpc) is 2.91. The van der Waals surface area contributed by atoms with Crippen molar-refractivity contribution < 1.29 is 23.8 Å². The summed E-state index contributed by atoms with van der Waals surface area (Å²) in [5, 5.41) is 10.1. The summed E-state index contributed by atoms with van der Waals surface area (Å²) < 4.78 is 15.3. The number of nitrogens with zero attached hydrogens (tertiary/aromatic N) is 1. The van der Waals surface area contributed by atoms with Gasteiger partial charge in [-0.05, 0) is 6.07 Å². The number of carbonyl (C=O) groups excluding carboxylic acids is 1. The van der Waals surface area contributed by atoms with Crippen LogP contribution >= 0.6 is 0 Å². The van der Waals surface area contributed by atoms with Crippen molar-refractivity contribution >= 4 is 5.91 Å². The fraction of sp³-hybridized carbons (Fsp3) is 0.583. The van der Waals surface area contributed by atoms with E-state index < -0.39 is 18.2 Å². The molecule has 1 N–H and O–H groups in total. The maximum Gasteiger partial charge on any atom is 0.257 e. The Labute approximate surface area is 105 Å². The van der Waals surface area contributed by atoms with Crippen LogP contribution < -0.4 is 0 Å². The minimum atomic E-state index is -0.760. The Morgan fingerprint density at radius 2 is 2.33 bits per heavy atom. The molecule has 6 nitrogen and oxygen atoms in total. The number of carbonyl (C=O) groups is 1. The SMILES string of the molecule is CO[C@@H]1COC[C@@H](N(C)C(=O)c2ccoc2)[C@@H]1O. The van der Waals surface area contributed by atoms with Gasteiger partial charge in [-0.3, -0.25) is 4.79 Å². The Morgan fingerprint density at radius 1 is 1.56 bits per heavy atom. The van der Waals surface area contributed by atoms with Crippen LogP contribution in [0.5, 0.6) is 0 Å². The summed E-state index contributed by atoms with van der Waals surface area (Å²) >= 11 is 0. The molecule has 1 aliphatic heterocycles. The molecule has 3 atom stereocenters. The monoisotopic (exact) mass is 255 g/mol. The summed E-state index contributed by atoms with van der Waals surface area (Å²) in [7, 11) is 3.14. The van der Waals surface area contributed by atoms with Crippen LogP contribution in [0.25, 0.3) is 0 Å². The van der Waals surface area contributed by atoms with Crippen molar-refractivity contribution in [1.82, 2.24) is 4.90 Å². The van der Waals surface area contributed by atoms with E-state index in [9.17, 15) is 9.90 Å². The highest BCUT2D eigenvalue weighted by molar-refractivity contribution is 5.93. The molecule has 1 aromatic rings. The first-order chi connectivity index (χ1) is 8.65. The molecule has 0 bridgehead atoms. The summed E-state index contributed by atoms with van der Waals surface area (Å²) in [6, 6.07) is 1.16. The van der Waals surface area contributed by atoms with Gasteiger partial charge in [-0.25, -0.2) is 0 Å². The van der Waals surface area contributed by atoms with E-state index in [1.165, 1.54) is 24.5 Å². The summed E-state index contributed by atoms with van der Waals surface area (Å²) in [4.78, 5) is 13.6. The maximum absolute atomic E-state index is 12.1. The first-order valence-corrected chi connectivity index (χ1v) is 5.73. The van der Waals surface area contributed by atoms with E-state index in [1.54, 1.807) is 13.1 Å².